The van der Waals surface area contributed by atoms with E-state index in [0.29, 0.717) is 11.1 Å². The number of aromatic hydroxyl groups is 2. The standard InChI is InChI=1S/C14H12N2O6/c1-8(9-2-4-13(17)11(6-9)15(19)20)10-3-5-14(18)12(7-10)16(21)22/h2-8,17-18H,1H3. The van der Waals surface area contributed by atoms with E-state index in [4.69, 9.17) is 0 Å². The van der Waals surface area contributed by atoms with Crippen LogP contribution in [0.1, 0.15) is 24.0 Å². The summed E-state index contributed by atoms with van der Waals surface area (Å²) in [6.45, 7) is 1.71. The molecule has 8 nitrogen and oxygen atoms in total. The van der Waals surface area contributed by atoms with E-state index in [2.05, 4.69) is 0 Å². The lowest BCUT2D eigenvalue weighted by Gasteiger charge is -2.13. The first-order valence-corrected chi connectivity index (χ1v) is 6.26. The quantitative estimate of drug-likeness (QED) is 0.660. The van der Waals surface area contributed by atoms with Gasteiger partial charge in [0, 0.05) is 18.1 Å². The molecule has 2 aromatic carbocycles. The summed E-state index contributed by atoms with van der Waals surface area (Å²) in [7, 11) is 0. The highest BCUT2D eigenvalue weighted by Crippen LogP contribution is 2.35. The zero-order chi connectivity index (χ0) is 16.4. The Labute approximate surface area is 124 Å². The van der Waals surface area contributed by atoms with Crippen LogP contribution < -0.4 is 0 Å². The van der Waals surface area contributed by atoms with Crippen LogP contribution in [-0.4, -0.2) is 20.1 Å². The molecule has 114 valence electrons. The van der Waals surface area contributed by atoms with E-state index in [1.54, 1.807) is 6.92 Å². The number of hydrogen-bond acceptors (Lipinski definition) is 6. The van der Waals surface area contributed by atoms with Gasteiger partial charge in [-0.3, -0.25) is 20.2 Å². The highest BCUT2D eigenvalue weighted by atomic mass is 16.6. The molecule has 0 amide bonds. The predicted molar refractivity (Wildman–Crippen MR) is 77.0 cm³/mol. The second-order valence-corrected chi connectivity index (χ2v) is 4.73. The maximum absolute atomic E-state index is 10.8. The van der Waals surface area contributed by atoms with Crippen molar-refractivity contribution in [2.45, 2.75) is 12.8 Å². The third-order valence-corrected chi connectivity index (χ3v) is 3.39. The molecule has 0 aliphatic rings. The third-order valence-electron chi connectivity index (χ3n) is 3.39. The number of rotatable bonds is 4. The summed E-state index contributed by atoms with van der Waals surface area (Å²) in [6.07, 6.45) is 0. The molecule has 0 bridgehead atoms. The van der Waals surface area contributed by atoms with Crippen LogP contribution in [0.25, 0.3) is 0 Å². The van der Waals surface area contributed by atoms with Gasteiger partial charge in [-0.1, -0.05) is 19.1 Å². The molecule has 22 heavy (non-hydrogen) atoms. The molecule has 0 unspecified atom stereocenters. The minimum Gasteiger partial charge on any atom is -0.502 e. The predicted octanol–water partition coefficient (Wildman–Crippen LogP) is 3.07. The first-order chi connectivity index (χ1) is 10.3. The van der Waals surface area contributed by atoms with E-state index in [1.165, 1.54) is 36.4 Å². The summed E-state index contributed by atoms with van der Waals surface area (Å²) in [5.74, 6) is -1.28. The Morgan fingerprint density at radius 3 is 1.55 bits per heavy atom. The van der Waals surface area contributed by atoms with Gasteiger partial charge in [-0.05, 0) is 23.3 Å². The average molecular weight is 304 g/mol. The second-order valence-electron chi connectivity index (χ2n) is 4.73. The van der Waals surface area contributed by atoms with Gasteiger partial charge in [0.2, 0.25) is 0 Å². The molecular formula is C14H12N2O6. The highest BCUT2D eigenvalue weighted by Gasteiger charge is 2.20. The molecule has 0 spiro atoms. The minimum absolute atomic E-state index is 0.390. The molecule has 0 aliphatic carbocycles. The van der Waals surface area contributed by atoms with Crippen LogP contribution >= 0.6 is 0 Å². The normalized spacial score (nSPS) is 10.6. The molecule has 0 atom stereocenters. The summed E-state index contributed by atoms with van der Waals surface area (Å²) < 4.78 is 0. The number of benzene rings is 2. The zero-order valence-electron chi connectivity index (χ0n) is 11.5. The van der Waals surface area contributed by atoms with Crippen LogP contribution in [0.3, 0.4) is 0 Å². The van der Waals surface area contributed by atoms with E-state index in [9.17, 15) is 30.4 Å². The summed E-state index contributed by atoms with van der Waals surface area (Å²) in [4.78, 5) is 20.3. The lowest BCUT2D eigenvalue weighted by molar-refractivity contribution is -0.386. The van der Waals surface area contributed by atoms with Gasteiger partial charge >= 0.3 is 11.4 Å². The van der Waals surface area contributed by atoms with Crippen LogP contribution in [0.4, 0.5) is 11.4 Å². The van der Waals surface area contributed by atoms with Crippen molar-refractivity contribution >= 4 is 11.4 Å². The summed E-state index contributed by atoms with van der Waals surface area (Å²) in [6, 6.07) is 7.87. The van der Waals surface area contributed by atoms with Crippen LogP contribution in [0.15, 0.2) is 36.4 Å². The fraction of sp³-hybridized carbons (Fsp3) is 0.143. The van der Waals surface area contributed by atoms with Crippen LogP contribution in [-0.2, 0) is 0 Å². The van der Waals surface area contributed by atoms with Gasteiger partial charge in [-0.2, -0.15) is 0 Å². The van der Waals surface area contributed by atoms with Gasteiger partial charge < -0.3 is 10.2 Å². The number of nitro groups is 2. The molecule has 2 aromatic rings. The van der Waals surface area contributed by atoms with Gasteiger partial charge in [-0.15, -0.1) is 0 Å². The molecule has 0 aromatic heterocycles. The van der Waals surface area contributed by atoms with Gasteiger partial charge in [0.1, 0.15) is 0 Å². The molecule has 2 rings (SSSR count). The van der Waals surface area contributed by atoms with E-state index in [-0.39, 0.29) is 0 Å². The largest absolute Gasteiger partial charge is 0.502 e. The Balaban J connectivity index is 2.46. The van der Waals surface area contributed by atoms with Crippen molar-refractivity contribution in [3.8, 4) is 11.5 Å². The molecule has 2 N–H and O–H groups in total. The SMILES string of the molecule is CC(c1ccc(O)c([N+](=O)[O-])c1)c1ccc(O)c([N+](=O)[O-])c1. The van der Waals surface area contributed by atoms with Crippen molar-refractivity contribution in [2.75, 3.05) is 0 Å². The molecule has 0 saturated heterocycles. The summed E-state index contributed by atoms with van der Waals surface area (Å²) >= 11 is 0. The van der Waals surface area contributed by atoms with E-state index < -0.39 is 38.6 Å². The maximum Gasteiger partial charge on any atom is 0.310 e. The number of phenols is 2. The van der Waals surface area contributed by atoms with E-state index in [0.717, 1.165) is 0 Å². The topological polar surface area (TPSA) is 127 Å². The maximum atomic E-state index is 10.8. The Bertz CT molecular complexity index is 695. The van der Waals surface area contributed by atoms with Gasteiger partial charge in [0.05, 0.1) is 9.85 Å². The first kappa shape index (κ1) is 15.2. The second kappa shape index (κ2) is 5.68. The average Bonchev–Trinajstić information content (AvgIpc) is 2.47. The molecule has 0 fully saturated rings. The van der Waals surface area contributed by atoms with Gasteiger partial charge in [0.25, 0.3) is 0 Å². The molecule has 0 radical (unpaired) electrons. The van der Waals surface area contributed by atoms with Crippen molar-refractivity contribution in [1.82, 2.24) is 0 Å². The fourth-order valence-corrected chi connectivity index (χ4v) is 2.10. The first-order valence-electron chi connectivity index (χ1n) is 6.26. The Morgan fingerprint density at radius 1 is 0.864 bits per heavy atom. The number of phenolic OH excluding ortho intramolecular Hbond substituents is 2. The van der Waals surface area contributed by atoms with Crippen LogP contribution in [0, 0.1) is 20.2 Å². The van der Waals surface area contributed by atoms with Crippen molar-refractivity contribution in [3.63, 3.8) is 0 Å². The molecule has 0 heterocycles. The molecule has 0 aliphatic heterocycles. The third kappa shape index (κ3) is 2.80. The van der Waals surface area contributed by atoms with Crippen LogP contribution in [0.2, 0.25) is 0 Å². The van der Waals surface area contributed by atoms with Crippen molar-refractivity contribution in [2.24, 2.45) is 0 Å². The smallest absolute Gasteiger partial charge is 0.310 e. The van der Waals surface area contributed by atoms with Crippen molar-refractivity contribution in [1.29, 1.82) is 0 Å². The van der Waals surface area contributed by atoms with Crippen LogP contribution in [0.5, 0.6) is 11.5 Å². The number of hydrogen-bond donors (Lipinski definition) is 2. The molecule has 0 saturated carbocycles. The molecule has 8 heteroatoms. The Morgan fingerprint density at radius 2 is 1.23 bits per heavy atom. The monoisotopic (exact) mass is 304 g/mol. The summed E-state index contributed by atoms with van der Waals surface area (Å²) in [5, 5.41) is 40.6. The lowest BCUT2D eigenvalue weighted by Crippen LogP contribution is -1.99. The Hall–Kier alpha value is -3.16. The van der Waals surface area contributed by atoms with Gasteiger partial charge in [-0.25, -0.2) is 0 Å². The Kier molecular flexibility index (Phi) is 3.93. The highest BCUT2D eigenvalue weighted by molar-refractivity contribution is 5.53. The number of nitro benzene ring substituents is 2. The van der Waals surface area contributed by atoms with Gasteiger partial charge in [0.15, 0.2) is 11.5 Å². The zero-order valence-corrected chi connectivity index (χ0v) is 11.5. The lowest BCUT2D eigenvalue weighted by atomic mass is 9.92. The fourth-order valence-electron chi connectivity index (χ4n) is 2.10. The van der Waals surface area contributed by atoms with Crippen molar-refractivity contribution in [3.05, 3.63) is 67.8 Å². The molecular weight excluding hydrogens is 292 g/mol. The van der Waals surface area contributed by atoms with E-state index in [1.807, 2.05) is 0 Å². The van der Waals surface area contributed by atoms with Crippen molar-refractivity contribution < 1.29 is 20.1 Å². The van der Waals surface area contributed by atoms with E-state index >= 15 is 0 Å². The minimum atomic E-state index is -0.704. The number of nitrogens with zero attached hydrogens (tertiary/aromatic N) is 2. The summed E-state index contributed by atoms with van der Waals surface area (Å²) in [5.41, 5.74) is 0.171.